The number of β-amino-alcohol motifs (C(OH)–C–C–N with tert-alkyl or cyclic N) is 1. The van der Waals surface area contributed by atoms with Gasteiger partial charge in [-0.15, -0.1) is 0 Å². The van der Waals surface area contributed by atoms with Crippen LogP contribution >= 0.6 is 11.6 Å². The molecule has 2 aromatic carbocycles. The van der Waals surface area contributed by atoms with Crippen molar-refractivity contribution < 1.29 is 10.2 Å². The van der Waals surface area contributed by atoms with Gasteiger partial charge in [-0.05, 0) is 61.3 Å². The molecule has 2 unspecified atom stereocenters. The zero-order valence-electron chi connectivity index (χ0n) is 15.3. The van der Waals surface area contributed by atoms with Gasteiger partial charge < -0.3 is 15.1 Å². The lowest BCUT2D eigenvalue weighted by atomic mass is 9.81. The number of piperidine rings is 1. The Hall–Kier alpha value is -2.06. The van der Waals surface area contributed by atoms with Crippen LogP contribution in [0.4, 0.5) is 0 Å². The van der Waals surface area contributed by atoms with E-state index in [1.54, 1.807) is 30.3 Å². The highest BCUT2D eigenvalue weighted by Gasteiger charge is 2.35. The number of rotatable bonds is 6. The number of nitrogens with zero attached hydrogens (tertiary/aromatic N) is 2. The van der Waals surface area contributed by atoms with Crippen molar-refractivity contribution in [1.29, 1.82) is 5.26 Å². The van der Waals surface area contributed by atoms with Crippen molar-refractivity contribution in [2.24, 2.45) is 0 Å². The number of aromatic hydroxyl groups is 1. The van der Waals surface area contributed by atoms with Crippen LogP contribution in [-0.2, 0) is 5.60 Å². The molecule has 27 heavy (non-hydrogen) atoms. The standard InChI is InChI=1S/C22H25ClN2O2/c23-20-9-7-19(8-10-20)22(27,16-25-11-2-1-3-12-25)14-18(15-24)17-5-4-6-21(26)13-17/h4-10,13,18,26-27H,1-3,11-12,14,16H2. The van der Waals surface area contributed by atoms with Crippen molar-refractivity contribution in [1.82, 2.24) is 4.90 Å². The third-order valence-corrected chi connectivity index (χ3v) is 5.54. The molecule has 1 fully saturated rings. The summed E-state index contributed by atoms with van der Waals surface area (Å²) in [7, 11) is 0. The first kappa shape index (κ1) is 19.7. The van der Waals surface area contributed by atoms with Crippen LogP contribution in [-0.4, -0.2) is 34.7 Å². The van der Waals surface area contributed by atoms with Crippen molar-refractivity contribution in [3.05, 3.63) is 64.7 Å². The van der Waals surface area contributed by atoms with Crippen LogP contribution in [0.2, 0.25) is 5.02 Å². The second-order valence-electron chi connectivity index (χ2n) is 7.36. The van der Waals surface area contributed by atoms with E-state index in [4.69, 9.17) is 11.6 Å². The quantitative estimate of drug-likeness (QED) is 0.773. The van der Waals surface area contributed by atoms with Crippen LogP contribution in [0.25, 0.3) is 0 Å². The number of phenols is 1. The molecule has 2 atom stereocenters. The molecule has 1 aliphatic heterocycles. The number of likely N-dealkylation sites (tertiary alicyclic amines) is 1. The van der Waals surface area contributed by atoms with E-state index in [1.165, 1.54) is 6.42 Å². The van der Waals surface area contributed by atoms with Gasteiger partial charge in [-0.3, -0.25) is 0 Å². The Labute approximate surface area is 165 Å². The lowest BCUT2D eigenvalue weighted by Crippen LogP contribution is -2.44. The van der Waals surface area contributed by atoms with Gasteiger partial charge in [0.2, 0.25) is 0 Å². The van der Waals surface area contributed by atoms with Crippen LogP contribution in [0, 0.1) is 11.3 Å². The highest BCUT2D eigenvalue weighted by molar-refractivity contribution is 6.30. The summed E-state index contributed by atoms with van der Waals surface area (Å²) in [5, 5.41) is 31.8. The van der Waals surface area contributed by atoms with Gasteiger partial charge >= 0.3 is 0 Å². The van der Waals surface area contributed by atoms with Gasteiger partial charge in [0.15, 0.2) is 0 Å². The van der Waals surface area contributed by atoms with Gasteiger partial charge in [0, 0.05) is 18.0 Å². The summed E-state index contributed by atoms with van der Waals surface area (Å²) in [6.45, 7) is 2.39. The SMILES string of the molecule is N#CC(CC(O)(CN1CCCCC1)c1ccc(Cl)cc1)c1cccc(O)c1. The third-order valence-electron chi connectivity index (χ3n) is 5.29. The molecular weight excluding hydrogens is 360 g/mol. The first-order valence-corrected chi connectivity index (χ1v) is 9.77. The molecule has 0 radical (unpaired) electrons. The molecule has 5 heteroatoms. The number of phenolic OH excluding ortho intramolecular Hbond substituents is 1. The molecule has 1 heterocycles. The Morgan fingerprint density at radius 1 is 1.11 bits per heavy atom. The van der Waals surface area contributed by atoms with E-state index in [0.717, 1.165) is 31.5 Å². The summed E-state index contributed by atoms with van der Waals surface area (Å²) in [6, 6.07) is 16.2. The van der Waals surface area contributed by atoms with E-state index in [9.17, 15) is 15.5 Å². The summed E-state index contributed by atoms with van der Waals surface area (Å²) in [4.78, 5) is 2.27. The number of hydrogen-bond acceptors (Lipinski definition) is 4. The minimum Gasteiger partial charge on any atom is -0.508 e. The normalized spacial score (nSPS) is 18.4. The Morgan fingerprint density at radius 3 is 2.44 bits per heavy atom. The van der Waals surface area contributed by atoms with Gasteiger partial charge in [0.05, 0.1) is 12.0 Å². The maximum Gasteiger partial charge on any atom is 0.115 e. The average Bonchev–Trinajstić information content (AvgIpc) is 2.67. The fraction of sp³-hybridized carbons (Fsp3) is 0.409. The lowest BCUT2D eigenvalue weighted by Gasteiger charge is -2.37. The molecule has 0 saturated carbocycles. The highest BCUT2D eigenvalue weighted by Crippen LogP contribution is 2.36. The van der Waals surface area contributed by atoms with Crippen molar-refractivity contribution in [3.8, 4) is 11.8 Å². The lowest BCUT2D eigenvalue weighted by molar-refractivity contribution is -0.0153. The zero-order valence-corrected chi connectivity index (χ0v) is 16.1. The summed E-state index contributed by atoms with van der Waals surface area (Å²) >= 11 is 6.03. The molecular formula is C22H25ClN2O2. The molecule has 1 saturated heterocycles. The maximum absolute atomic E-state index is 11.7. The van der Waals surface area contributed by atoms with Crippen molar-refractivity contribution in [2.45, 2.75) is 37.2 Å². The second-order valence-corrected chi connectivity index (χ2v) is 7.79. The molecule has 142 valence electrons. The van der Waals surface area contributed by atoms with Crippen molar-refractivity contribution in [3.63, 3.8) is 0 Å². The predicted octanol–water partition coefficient (Wildman–Crippen LogP) is 4.42. The number of halogens is 1. The molecule has 2 N–H and O–H groups in total. The summed E-state index contributed by atoms with van der Waals surface area (Å²) < 4.78 is 0. The molecule has 2 aromatic rings. The van der Waals surface area contributed by atoms with Gasteiger partial charge in [-0.2, -0.15) is 5.26 Å². The number of aliphatic hydroxyl groups is 1. The number of benzene rings is 2. The second kappa shape index (κ2) is 8.75. The van der Waals surface area contributed by atoms with E-state index in [-0.39, 0.29) is 12.2 Å². The van der Waals surface area contributed by atoms with E-state index < -0.39 is 11.5 Å². The first-order chi connectivity index (χ1) is 13.0. The van der Waals surface area contributed by atoms with Crippen molar-refractivity contribution in [2.75, 3.05) is 19.6 Å². The minimum absolute atomic E-state index is 0.124. The monoisotopic (exact) mass is 384 g/mol. The zero-order chi connectivity index (χ0) is 19.3. The maximum atomic E-state index is 11.7. The van der Waals surface area contributed by atoms with Gasteiger partial charge in [-0.1, -0.05) is 42.3 Å². The molecule has 0 aliphatic carbocycles. The van der Waals surface area contributed by atoms with E-state index in [2.05, 4.69) is 11.0 Å². The topological polar surface area (TPSA) is 67.5 Å². The van der Waals surface area contributed by atoms with Gasteiger partial charge in [0.1, 0.15) is 11.4 Å². The average molecular weight is 385 g/mol. The van der Waals surface area contributed by atoms with Crippen LogP contribution in [0.1, 0.15) is 42.7 Å². The first-order valence-electron chi connectivity index (χ1n) is 9.39. The Bertz CT molecular complexity index is 797. The fourth-order valence-electron chi connectivity index (χ4n) is 3.84. The third kappa shape index (κ3) is 5.01. The Balaban J connectivity index is 1.90. The van der Waals surface area contributed by atoms with Gasteiger partial charge in [0.25, 0.3) is 0 Å². The molecule has 1 aliphatic rings. The predicted molar refractivity (Wildman–Crippen MR) is 107 cm³/mol. The van der Waals surface area contributed by atoms with Gasteiger partial charge in [-0.25, -0.2) is 0 Å². The molecule has 0 aromatic heterocycles. The Morgan fingerprint density at radius 2 is 1.81 bits per heavy atom. The Kier molecular flexibility index (Phi) is 6.38. The molecule has 0 bridgehead atoms. The van der Waals surface area contributed by atoms with E-state index >= 15 is 0 Å². The van der Waals surface area contributed by atoms with Crippen LogP contribution < -0.4 is 0 Å². The van der Waals surface area contributed by atoms with E-state index in [0.29, 0.717) is 17.1 Å². The fourth-order valence-corrected chi connectivity index (χ4v) is 3.96. The highest BCUT2D eigenvalue weighted by atomic mass is 35.5. The summed E-state index contributed by atoms with van der Waals surface area (Å²) in [5.74, 6) is -0.401. The van der Waals surface area contributed by atoms with Crippen LogP contribution in [0.5, 0.6) is 5.75 Å². The van der Waals surface area contributed by atoms with Crippen LogP contribution in [0.3, 0.4) is 0 Å². The number of nitriles is 1. The minimum atomic E-state index is -1.17. The van der Waals surface area contributed by atoms with Crippen molar-refractivity contribution >= 4 is 11.6 Å². The largest absolute Gasteiger partial charge is 0.508 e. The molecule has 4 nitrogen and oxygen atoms in total. The summed E-state index contributed by atoms with van der Waals surface area (Å²) in [5.41, 5.74) is 0.301. The molecule has 3 rings (SSSR count). The van der Waals surface area contributed by atoms with Crippen LogP contribution in [0.15, 0.2) is 48.5 Å². The molecule has 0 amide bonds. The smallest absolute Gasteiger partial charge is 0.115 e. The molecule has 0 spiro atoms. The number of hydrogen-bond donors (Lipinski definition) is 2. The summed E-state index contributed by atoms with van der Waals surface area (Å²) in [6.07, 6.45) is 3.74. The van der Waals surface area contributed by atoms with E-state index in [1.807, 2.05) is 18.2 Å².